The Labute approximate surface area is 221 Å². The van der Waals surface area contributed by atoms with Crippen LogP contribution >= 0.6 is 0 Å². The van der Waals surface area contributed by atoms with Crippen LogP contribution in [0.15, 0.2) is 73.1 Å². The minimum atomic E-state index is -0.0938. The van der Waals surface area contributed by atoms with Crippen molar-refractivity contribution in [2.75, 3.05) is 12.3 Å². The summed E-state index contributed by atoms with van der Waals surface area (Å²) in [7, 11) is 0. The number of urea groups is 1. The summed E-state index contributed by atoms with van der Waals surface area (Å²) in [6.07, 6.45) is 7.38. The molecule has 3 aromatic heterocycles. The molecule has 2 amide bonds. The van der Waals surface area contributed by atoms with Gasteiger partial charge in [-0.3, -0.25) is 4.40 Å². The summed E-state index contributed by atoms with van der Waals surface area (Å²) < 4.78 is 2.10. The Kier molecular flexibility index (Phi) is 6.37. The van der Waals surface area contributed by atoms with Crippen LogP contribution in [0.1, 0.15) is 44.3 Å². The van der Waals surface area contributed by atoms with Crippen LogP contribution in [0.3, 0.4) is 0 Å². The third kappa shape index (κ3) is 4.53. The van der Waals surface area contributed by atoms with Crippen LogP contribution in [0.2, 0.25) is 0 Å². The number of amides is 2. The number of fused-ring (bicyclic) bond motifs is 2. The molecule has 1 aliphatic rings. The maximum Gasteiger partial charge on any atom is 0.314 e. The molecule has 1 saturated carbocycles. The Morgan fingerprint density at radius 2 is 1.79 bits per heavy atom. The monoisotopic (exact) mass is 505 g/mol. The maximum absolute atomic E-state index is 12.0. The minimum Gasteiger partial charge on any atom is -0.382 e. The third-order valence-electron chi connectivity index (χ3n) is 7.41. The van der Waals surface area contributed by atoms with Crippen LogP contribution in [0.25, 0.3) is 38.9 Å². The van der Waals surface area contributed by atoms with Crippen LogP contribution in [0.4, 0.5) is 10.6 Å². The molecule has 192 valence electrons. The number of carbonyl (C=O) groups excluding carboxylic acids is 1. The van der Waals surface area contributed by atoms with Gasteiger partial charge in [-0.05, 0) is 44.7 Å². The van der Waals surface area contributed by atoms with E-state index < -0.39 is 0 Å². The Hall–Kier alpha value is -4.46. The quantitative estimate of drug-likeness (QED) is 0.291. The number of hydrogen-bond donors (Lipinski definition) is 3. The fraction of sp³-hybridized carbons (Fsp3) is 0.267. The van der Waals surface area contributed by atoms with Gasteiger partial charge in [0.05, 0.1) is 11.2 Å². The van der Waals surface area contributed by atoms with E-state index in [1.165, 1.54) is 0 Å². The topological polar surface area (TPSA) is 110 Å². The van der Waals surface area contributed by atoms with Gasteiger partial charge in [0.2, 0.25) is 0 Å². The molecule has 1 aliphatic carbocycles. The van der Waals surface area contributed by atoms with Crippen LogP contribution < -0.4 is 16.4 Å². The van der Waals surface area contributed by atoms with E-state index >= 15 is 0 Å². The first-order valence-corrected chi connectivity index (χ1v) is 13.2. The fourth-order valence-corrected chi connectivity index (χ4v) is 5.50. The van der Waals surface area contributed by atoms with Crippen molar-refractivity contribution < 1.29 is 4.79 Å². The summed E-state index contributed by atoms with van der Waals surface area (Å²) in [6, 6.07) is 20.7. The Bertz CT molecular complexity index is 1600. The SMILES string of the molecule is CCNC(=O)NC1CCC(c2nc(-c3ccc4ccc(-c5ccccc5)nc4c3)c3c(N)nccn23)CC1. The molecule has 0 radical (unpaired) electrons. The van der Waals surface area contributed by atoms with E-state index in [0.29, 0.717) is 12.4 Å². The Morgan fingerprint density at radius 3 is 2.58 bits per heavy atom. The van der Waals surface area contributed by atoms with Gasteiger partial charge in [-0.25, -0.2) is 19.7 Å². The lowest BCUT2D eigenvalue weighted by Crippen LogP contribution is -2.43. The van der Waals surface area contributed by atoms with E-state index in [-0.39, 0.29) is 18.0 Å². The molecule has 4 N–H and O–H groups in total. The molecule has 38 heavy (non-hydrogen) atoms. The van der Waals surface area contributed by atoms with Gasteiger partial charge < -0.3 is 16.4 Å². The zero-order valence-corrected chi connectivity index (χ0v) is 21.4. The van der Waals surface area contributed by atoms with Crippen molar-refractivity contribution in [2.45, 2.75) is 44.6 Å². The molecule has 0 aliphatic heterocycles. The van der Waals surface area contributed by atoms with E-state index in [1.807, 2.05) is 31.3 Å². The van der Waals surface area contributed by atoms with Gasteiger partial charge in [0, 0.05) is 47.4 Å². The molecule has 8 heteroatoms. The number of carbonyl (C=O) groups is 1. The van der Waals surface area contributed by atoms with Crippen molar-refractivity contribution in [3.05, 3.63) is 78.9 Å². The first-order chi connectivity index (χ1) is 18.6. The molecular formula is C30H31N7O. The van der Waals surface area contributed by atoms with E-state index in [9.17, 15) is 4.79 Å². The van der Waals surface area contributed by atoms with Crippen molar-refractivity contribution in [3.8, 4) is 22.5 Å². The highest BCUT2D eigenvalue weighted by molar-refractivity contribution is 5.91. The Morgan fingerprint density at radius 1 is 1.00 bits per heavy atom. The van der Waals surface area contributed by atoms with Gasteiger partial charge in [0.25, 0.3) is 0 Å². The number of anilines is 1. The smallest absolute Gasteiger partial charge is 0.314 e. The van der Waals surface area contributed by atoms with Gasteiger partial charge in [0.15, 0.2) is 0 Å². The second-order valence-corrected chi connectivity index (χ2v) is 9.87. The first kappa shape index (κ1) is 23.9. The second kappa shape index (κ2) is 10.1. The van der Waals surface area contributed by atoms with Gasteiger partial charge in [0.1, 0.15) is 22.9 Å². The van der Waals surface area contributed by atoms with Crippen LogP contribution in [0, 0.1) is 0 Å². The number of imidazole rings is 1. The summed E-state index contributed by atoms with van der Waals surface area (Å²) in [5.74, 6) is 1.72. The summed E-state index contributed by atoms with van der Waals surface area (Å²) in [4.78, 5) is 26.5. The molecule has 0 saturated heterocycles. The van der Waals surface area contributed by atoms with E-state index in [4.69, 9.17) is 15.7 Å². The first-order valence-electron chi connectivity index (χ1n) is 13.2. The molecule has 0 spiro atoms. The number of pyridine rings is 1. The predicted octanol–water partition coefficient (Wildman–Crippen LogP) is 5.54. The van der Waals surface area contributed by atoms with Crippen molar-refractivity contribution >= 4 is 28.3 Å². The summed E-state index contributed by atoms with van der Waals surface area (Å²) in [6.45, 7) is 2.54. The van der Waals surface area contributed by atoms with Crippen LogP contribution in [-0.4, -0.2) is 38.0 Å². The largest absolute Gasteiger partial charge is 0.382 e. The normalized spacial score (nSPS) is 17.5. The molecule has 5 aromatic rings. The maximum atomic E-state index is 12.0. The molecule has 8 nitrogen and oxygen atoms in total. The predicted molar refractivity (Wildman–Crippen MR) is 151 cm³/mol. The lowest BCUT2D eigenvalue weighted by Gasteiger charge is -2.28. The lowest BCUT2D eigenvalue weighted by atomic mass is 9.85. The highest BCUT2D eigenvalue weighted by Crippen LogP contribution is 2.37. The van der Waals surface area contributed by atoms with Crippen molar-refractivity contribution in [1.82, 2.24) is 30.0 Å². The lowest BCUT2D eigenvalue weighted by molar-refractivity contribution is 0.231. The second-order valence-electron chi connectivity index (χ2n) is 9.87. The molecule has 1 fully saturated rings. The number of benzene rings is 2. The fourth-order valence-electron chi connectivity index (χ4n) is 5.50. The van der Waals surface area contributed by atoms with E-state index in [1.54, 1.807) is 6.20 Å². The Balaban J connectivity index is 1.35. The average Bonchev–Trinajstić information content (AvgIpc) is 3.34. The van der Waals surface area contributed by atoms with Crippen LogP contribution in [-0.2, 0) is 0 Å². The molecule has 2 aromatic carbocycles. The standard InChI is InChI=1S/C30H31N7O/c1-2-32-30(38)34-23-13-10-21(11-14-23)29-36-26(27-28(31)33-16-17-37(27)29)22-9-8-20-12-15-24(35-25(20)18-22)19-6-4-3-5-7-19/h3-9,12,15-18,21,23H,2,10-11,13-14H2,1H3,(H2,31,33)(H2,32,34,38). The zero-order chi connectivity index (χ0) is 26.1. The third-order valence-corrected chi connectivity index (χ3v) is 7.41. The number of nitrogens with two attached hydrogens (primary N) is 1. The van der Waals surface area contributed by atoms with Gasteiger partial charge in [-0.1, -0.05) is 48.5 Å². The minimum absolute atomic E-state index is 0.0938. The summed E-state index contributed by atoms with van der Waals surface area (Å²) >= 11 is 0. The van der Waals surface area contributed by atoms with Crippen molar-refractivity contribution in [1.29, 1.82) is 0 Å². The number of nitrogens with zero attached hydrogens (tertiary/aromatic N) is 4. The van der Waals surface area contributed by atoms with Crippen LogP contribution in [0.5, 0.6) is 0 Å². The summed E-state index contributed by atoms with van der Waals surface area (Å²) in [5, 5.41) is 6.98. The van der Waals surface area contributed by atoms with Crippen molar-refractivity contribution in [2.24, 2.45) is 0 Å². The molecule has 0 bridgehead atoms. The summed E-state index contributed by atoms with van der Waals surface area (Å²) in [5.41, 5.74) is 11.9. The molecular weight excluding hydrogens is 474 g/mol. The number of aromatic nitrogens is 4. The van der Waals surface area contributed by atoms with Gasteiger partial charge in [-0.2, -0.15) is 0 Å². The number of nitrogen functional groups attached to an aromatic ring is 1. The van der Waals surface area contributed by atoms with Crippen molar-refractivity contribution in [3.63, 3.8) is 0 Å². The molecule has 0 atom stereocenters. The average molecular weight is 506 g/mol. The zero-order valence-electron chi connectivity index (χ0n) is 21.4. The molecule has 0 unspecified atom stereocenters. The number of nitrogens with one attached hydrogen (secondary N) is 2. The highest BCUT2D eigenvalue weighted by atomic mass is 16.2. The molecule has 6 rings (SSSR count). The number of hydrogen-bond acceptors (Lipinski definition) is 5. The van der Waals surface area contributed by atoms with Gasteiger partial charge in [-0.15, -0.1) is 0 Å². The molecule has 3 heterocycles. The highest BCUT2D eigenvalue weighted by Gasteiger charge is 2.28. The van der Waals surface area contributed by atoms with E-state index in [2.05, 4.69) is 62.5 Å². The number of rotatable bonds is 5. The van der Waals surface area contributed by atoms with E-state index in [0.717, 1.165) is 70.4 Å². The van der Waals surface area contributed by atoms with Gasteiger partial charge >= 0.3 is 6.03 Å².